The molecule has 2 rings (SSSR count). The number of hydrogen-bond donors (Lipinski definition) is 2. The summed E-state index contributed by atoms with van der Waals surface area (Å²) in [6.07, 6.45) is 3.62. The van der Waals surface area contributed by atoms with Crippen LogP contribution in [0.2, 0.25) is 0 Å². The lowest BCUT2D eigenvalue weighted by atomic mass is 10.2. The SMILES string of the molecule is Cc1cncc(CN=C(N)Nc2cccc(C)c2)c1. The summed E-state index contributed by atoms with van der Waals surface area (Å²) < 4.78 is 0. The number of nitrogens with zero attached hydrogens (tertiary/aromatic N) is 2. The number of pyridine rings is 1. The van der Waals surface area contributed by atoms with Crippen LogP contribution in [0.1, 0.15) is 16.7 Å². The van der Waals surface area contributed by atoms with Crippen molar-refractivity contribution in [3.8, 4) is 0 Å². The van der Waals surface area contributed by atoms with Gasteiger partial charge >= 0.3 is 0 Å². The number of benzene rings is 1. The van der Waals surface area contributed by atoms with Gasteiger partial charge in [-0.3, -0.25) is 4.98 Å². The molecule has 1 aromatic heterocycles. The number of hydrogen-bond acceptors (Lipinski definition) is 2. The van der Waals surface area contributed by atoms with Crippen LogP contribution in [0.25, 0.3) is 0 Å². The van der Waals surface area contributed by atoms with Gasteiger partial charge in [-0.1, -0.05) is 18.2 Å². The molecule has 1 aromatic carbocycles. The first-order valence-corrected chi connectivity index (χ1v) is 6.17. The summed E-state index contributed by atoms with van der Waals surface area (Å²) in [7, 11) is 0. The van der Waals surface area contributed by atoms with Crippen molar-refractivity contribution in [1.29, 1.82) is 0 Å². The zero-order chi connectivity index (χ0) is 13.7. The van der Waals surface area contributed by atoms with E-state index in [0.717, 1.165) is 16.8 Å². The molecule has 0 amide bonds. The van der Waals surface area contributed by atoms with E-state index in [1.807, 2.05) is 44.3 Å². The third-order valence-electron chi connectivity index (χ3n) is 2.65. The molecule has 0 spiro atoms. The number of guanidine groups is 1. The molecule has 0 aliphatic carbocycles. The summed E-state index contributed by atoms with van der Waals surface area (Å²) >= 11 is 0. The van der Waals surface area contributed by atoms with Gasteiger partial charge in [0.15, 0.2) is 5.96 Å². The van der Waals surface area contributed by atoms with Gasteiger partial charge in [0.1, 0.15) is 0 Å². The largest absolute Gasteiger partial charge is 0.370 e. The fraction of sp³-hybridized carbons (Fsp3) is 0.200. The highest BCUT2D eigenvalue weighted by Crippen LogP contribution is 2.09. The second-order valence-electron chi connectivity index (χ2n) is 4.57. The smallest absolute Gasteiger partial charge is 0.193 e. The van der Waals surface area contributed by atoms with Crippen LogP contribution in [0.4, 0.5) is 5.69 Å². The molecule has 0 aliphatic heterocycles. The van der Waals surface area contributed by atoms with Gasteiger partial charge in [0.25, 0.3) is 0 Å². The van der Waals surface area contributed by atoms with E-state index in [1.54, 1.807) is 6.20 Å². The van der Waals surface area contributed by atoms with Crippen LogP contribution >= 0.6 is 0 Å². The lowest BCUT2D eigenvalue weighted by molar-refractivity contribution is 1.03. The van der Waals surface area contributed by atoms with Gasteiger partial charge in [0, 0.05) is 18.1 Å². The van der Waals surface area contributed by atoms with Gasteiger partial charge in [0.05, 0.1) is 6.54 Å². The van der Waals surface area contributed by atoms with Gasteiger partial charge in [0.2, 0.25) is 0 Å². The number of anilines is 1. The molecule has 0 saturated carbocycles. The Bertz CT molecular complexity index is 590. The van der Waals surface area contributed by atoms with Gasteiger partial charge in [-0.25, -0.2) is 4.99 Å². The Hall–Kier alpha value is -2.36. The third kappa shape index (κ3) is 4.10. The predicted octanol–water partition coefficient (Wildman–Crippen LogP) is 2.63. The zero-order valence-electron chi connectivity index (χ0n) is 11.2. The van der Waals surface area contributed by atoms with Gasteiger partial charge < -0.3 is 11.1 Å². The molecule has 4 nitrogen and oxygen atoms in total. The lowest BCUT2D eigenvalue weighted by Gasteiger charge is -2.06. The van der Waals surface area contributed by atoms with E-state index in [9.17, 15) is 0 Å². The normalized spacial score (nSPS) is 11.4. The van der Waals surface area contributed by atoms with E-state index in [1.165, 1.54) is 5.56 Å². The highest BCUT2D eigenvalue weighted by Gasteiger charge is 1.96. The van der Waals surface area contributed by atoms with Crippen molar-refractivity contribution in [2.24, 2.45) is 10.7 Å². The molecule has 0 atom stereocenters. The monoisotopic (exact) mass is 254 g/mol. The van der Waals surface area contributed by atoms with Gasteiger partial charge in [-0.15, -0.1) is 0 Å². The Kier molecular flexibility index (Phi) is 4.13. The quantitative estimate of drug-likeness (QED) is 0.653. The minimum Gasteiger partial charge on any atom is -0.370 e. The van der Waals surface area contributed by atoms with Crippen molar-refractivity contribution in [2.75, 3.05) is 5.32 Å². The molecular formula is C15H18N4. The van der Waals surface area contributed by atoms with Crippen molar-refractivity contribution in [2.45, 2.75) is 20.4 Å². The summed E-state index contributed by atoms with van der Waals surface area (Å²) in [5.74, 6) is 0.409. The maximum atomic E-state index is 5.86. The molecule has 0 bridgehead atoms. The number of aryl methyl sites for hydroxylation is 2. The van der Waals surface area contributed by atoms with E-state index in [-0.39, 0.29) is 0 Å². The molecule has 4 heteroatoms. The van der Waals surface area contributed by atoms with Crippen LogP contribution in [0.3, 0.4) is 0 Å². The third-order valence-corrected chi connectivity index (χ3v) is 2.65. The van der Waals surface area contributed by atoms with Crippen molar-refractivity contribution >= 4 is 11.6 Å². The minimum absolute atomic E-state index is 0.409. The second kappa shape index (κ2) is 6.00. The van der Waals surface area contributed by atoms with E-state index >= 15 is 0 Å². The maximum absolute atomic E-state index is 5.86. The molecule has 0 saturated heterocycles. The molecule has 0 fully saturated rings. The topological polar surface area (TPSA) is 63.3 Å². The Morgan fingerprint density at radius 1 is 1.21 bits per heavy atom. The summed E-state index contributed by atoms with van der Waals surface area (Å²) in [4.78, 5) is 8.43. The number of rotatable bonds is 3. The molecule has 19 heavy (non-hydrogen) atoms. The maximum Gasteiger partial charge on any atom is 0.193 e. The standard InChI is InChI=1S/C15H18N4/c1-11-4-3-5-14(7-11)19-15(16)18-10-13-6-12(2)8-17-9-13/h3-9H,10H2,1-2H3,(H3,16,18,19). The molecule has 0 unspecified atom stereocenters. The van der Waals surface area contributed by atoms with Gasteiger partial charge in [-0.05, 0) is 42.7 Å². The first-order valence-electron chi connectivity index (χ1n) is 6.17. The van der Waals surface area contributed by atoms with Crippen LogP contribution in [0.15, 0.2) is 47.7 Å². The Morgan fingerprint density at radius 3 is 2.79 bits per heavy atom. The molecule has 3 N–H and O–H groups in total. The predicted molar refractivity (Wildman–Crippen MR) is 79.1 cm³/mol. The Morgan fingerprint density at radius 2 is 2.05 bits per heavy atom. The summed E-state index contributed by atoms with van der Waals surface area (Å²) in [6, 6.07) is 10.1. The fourth-order valence-corrected chi connectivity index (χ4v) is 1.79. The average Bonchev–Trinajstić information content (AvgIpc) is 2.36. The van der Waals surface area contributed by atoms with E-state index < -0.39 is 0 Å². The van der Waals surface area contributed by atoms with Crippen LogP contribution in [-0.2, 0) is 6.54 Å². The Labute approximate surface area is 113 Å². The Balaban J connectivity index is 2.00. The second-order valence-corrected chi connectivity index (χ2v) is 4.57. The summed E-state index contributed by atoms with van der Waals surface area (Å²) in [5, 5.41) is 3.07. The summed E-state index contributed by atoms with van der Waals surface area (Å²) in [5.41, 5.74) is 10.2. The van der Waals surface area contributed by atoms with Crippen LogP contribution in [0.5, 0.6) is 0 Å². The minimum atomic E-state index is 0.409. The number of nitrogens with one attached hydrogen (secondary N) is 1. The van der Waals surface area contributed by atoms with E-state index in [4.69, 9.17) is 5.73 Å². The van der Waals surface area contributed by atoms with E-state index in [0.29, 0.717) is 12.5 Å². The van der Waals surface area contributed by atoms with Crippen LogP contribution in [-0.4, -0.2) is 10.9 Å². The highest BCUT2D eigenvalue weighted by molar-refractivity contribution is 5.92. The first-order chi connectivity index (χ1) is 9.13. The number of aliphatic imine (C=N–C) groups is 1. The van der Waals surface area contributed by atoms with Crippen molar-refractivity contribution in [3.63, 3.8) is 0 Å². The highest BCUT2D eigenvalue weighted by atomic mass is 15.1. The fourth-order valence-electron chi connectivity index (χ4n) is 1.79. The molecular weight excluding hydrogens is 236 g/mol. The lowest BCUT2D eigenvalue weighted by Crippen LogP contribution is -2.22. The molecule has 0 aliphatic rings. The molecule has 0 radical (unpaired) electrons. The van der Waals surface area contributed by atoms with E-state index in [2.05, 4.69) is 21.4 Å². The first kappa shape index (κ1) is 13.1. The number of nitrogens with two attached hydrogens (primary N) is 1. The zero-order valence-corrected chi connectivity index (χ0v) is 11.2. The van der Waals surface area contributed by atoms with Crippen LogP contribution < -0.4 is 11.1 Å². The van der Waals surface area contributed by atoms with Crippen LogP contribution in [0, 0.1) is 13.8 Å². The molecule has 2 aromatic rings. The summed E-state index contributed by atoms with van der Waals surface area (Å²) in [6.45, 7) is 4.57. The van der Waals surface area contributed by atoms with Crippen molar-refractivity contribution in [1.82, 2.24) is 4.98 Å². The molecule has 98 valence electrons. The van der Waals surface area contributed by atoms with Crippen molar-refractivity contribution < 1.29 is 0 Å². The van der Waals surface area contributed by atoms with Gasteiger partial charge in [-0.2, -0.15) is 0 Å². The average molecular weight is 254 g/mol. The molecule has 1 heterocycles. The number of aromatic nitrogens is 1. The van der Waals surface area contributed by atoms with Crippen molar-refractivity contribution in [3.05, 3.63) is 59.4 Å².